The van der Waals surface area contributed by atoms with Gasteiger partial charge in [0.05, 0.1) is 0 Å². The predicted octanol–water partition coefficient (Wildman–Crippen LogP) is 3.55. The molecule has 0 spiro atoms. The standard InChI is InChI=1S/C14H20O2/c15-14-12-10-8-6-4-2-1-3-5-7-9-11-13-16-14/h2-5,9,11H,1,6-8,10,12-13H2/b4-2-,5-3-,11-9-. The van der Waals surface area contributed by atoms with Gasteiger partial charge in [-0.25, -0.2) is 0 Å². The molecule has 0 unspecified atom stereocenters. The van der Waals surface area contributed by atoms with Gasteiger partial charge >= 0.3 is 5.97 Å². The van der Waals surface area contributed by atoms with Crippen molar-refractivity contribution in [1.29, 1.82) is 0 Å². The molecule has 16 heavy (non-hydrogen) atoms. The van der Waals surface area contributed by atoms with Crippen molar-refractivity contribution in [3.63, 3.8) is 0 Å². The second kappa shape index (κ2) is 8.96. The maximum atomic E-state index is 11.2. The summed E-state index contributed by atoms with van der Waals surface area (Å²) in [6, 6.07) is 0. The van der Waals surface area contributed by atoms with Crippen LogP contribution in [0.2, 0.25) is 0 Å². The van der Waals surface area contributed by atoms with Crippen molar-refractivity contribution in [2.24, 2.45) is 0 Å². The Morgan fingerprint density at radius 2 is 1.56 bits per heavy atom. The SMILES string of the molecule is O=C1CCCC/C=C\C/C=C\C/C=C\CO1. The predicted molar refractivity (Wildman–Crippen MR) is 66.1 cm³/mol. The highest BCUT2D eigenvalue weighted by Crippen LogP contribution is 2.03. The van der Waals surface area contributed by atoms with E-state index in [-0.39, 0.29) is 5.97 Å². The van der Waals surface area contributed by atoms with E-state index in [1.165, 1.54) is 0 Å². The zero-order valence-electron chi connectivity index (χ0n) is 9.73. The van der Waals surface area contributed by atoms with Crippen LogP contribution in [-0.4, -0.2) is 12.6 Å². The molecule has 0 atom stereocenters. The van der Waals surface area contributed by atoms with Crippen LogP contribution in [0.3, 0.4) is 0 Å². The van der Waals surface area contributed by atoms with Crippen molar-refractivity contribution in [2.45, 2.75) is 38.5 Å². The van der Waals surface area contributed by atoms with E-state index in [1.54, 1.807) is 0 Å². The fourth-order valence-corrected chi connectivity index (χ4v) is 1.47. The molecule has 0 amide bonds. The number of allylic oxidation sites excluding steroid dienone is 5. The summed E-state index contributed by atoms with van der Waals surface area (Å²) in [6.07, 6.45) is 18.1. The lowest BCUT2D eigenvalue weighted by Gasteiger charge is -2.00. The van der Waals surface area contributed by atoms with Gasteiger partial charge in [-0.1, -0.05) is 36.5 Å². The molecule has 2 heteroatoms. The van der Waals surface area contributed by atoms with Crippen molar-refractivity contribution in [2.75, 3.05) is 6.61 Å². The lowest BCUT2D eigenvalue weighted by Crippen LogP contribution is -2.03. The maximum absolute atomic E-state index is 11.2. The van der Waals surface area contributed by atoms with Crippen LogP contribution in [0.1, 0.15) is 38.5 Å². The smallest absolute Gasteiger partial charge is 0.306 e. The molecule has 0 fully saturated rings. The molecular formula is C14H20O2. The molecule has 0 aliphatic carbocycles. The van der Waals surface area contributed by atoms with Crippen LogP contribution in [0.15, 0.2) is 36.5 Å². The third-order valence-electron chi connectivity index (χ3n) is 2.39. The molecule has 0 aromatic heterocycles. The van der Waals surface area contributed by atoms with Crippen LogP contribution >= 0.6 is 0 Å². The molecule has 0 saturated carbocycles. The highest BCUT2D eigenvalue weighted by molar-refractivity contribution is 5.69. The lowest BCUT2D eigenvalue weighted by molar-refractivity contribution is -0.142. The Balaban J connectivity index is 2.35. The largest absolute Gasteiger partial charge is 0.461 e. The van der Waals surface area contributed by atoms with Crippen molar-refractivity contribution in [3.8, 4) is 0 Å². The highest BCUT2D eigenvalue weighted by Gasteiger charge is 2.00. The van der Waals surface area contributed by atoms with Gasteiger partial charge in [-0.2, -0.15) is 0 Å². The summed E-state index contributed by atoms with van der Waals surface area (Å²) in [5.41, 5.74) is 0. The minimum absolute atomic E-state index is 0.0842. The maximum Gasteiger partial charge on any atom is 0.306 e. The number of ether oxygens (including phenoxy) is 1. The van der Waals surface area contributed by atoms with E-state index in [4.69, 9.17) is 4.74 Å². The van der Waals surface area contributed by atoms with Crippen LogP contribution < -0.4 is 0 Å². The van der Waals surface area contributed by atoms with Crippen molar-refractivity contribution in [3.05, 3.63) is 36.5 Å². The molecule has 1 rings (SSSR count). The van der Waals surface area contributed by atoms with E-state index in [0.717, 1.165) is 32.1 Å². The molecule has 0 N–H and O–H groups in total. The van der Waals surface area contributed by atoms with Gasteiger partial charge in [-0.3, -0.25) is 4.79 Å². The number of hydrogen-bond donors (Lipinski definition) is 0. The molecule has 1 heterocycles. The van der Waals surface area contributed by atoms with Crippen LogP contribution in [0.25, 0.3) is 0 Å². The zero-order chi connectivity index (χ0) is 11.5. The second-order valence-corrected chi connectivity index (χ2v) is 3.81. The monoisotopic (exact) mass is 220 g/mol. The van der Waals surface area contributed by atoms with Crippen LogP contribution in [0.5, 0.6) is 0 Å². The Labute approximate surface area is 97.7 Å². The Kier molecular flexibility index (Phi) is 7.14. The van der Waals surface area contributed by atoms with Crippen molar-refractivity contribution < 1.29 is 9.53 Å². The van der Waals surface area contributed by atoms with E-state index in [2.05, 4.69) is 24.3 Å². The fourth-order valence-electron chi connectivity index (χ4n) is 1.47. The number of rotatable bonds is 0. The molecule has 0 radical (unpaired) electrons. The number of carbonyl (C=O) groups is 1. The minimum atomic E-state index is -0.0842. The molecule has 2 nitrogen and oxygen atoms in total. The molecule has 0 aromatic rings. The molecule has 0 saturated heterocycles. The number of carbonyl (C=O) groups excluding carboxylic acids is 1. The molecule has 0 aromatic carbocycles. The van der Waals surface area contributed by atoms with E-state index in [0.29, 0.717) is 13.0 Å². The summed E-state index contributed by atoms with van der Waals surface area (Å²) in [5, 5.41) is 0. The van der Waals surface area contributed by atoms with E-state index in [1.807, 2.05) is 12.2 Å². The first-order valence-corrected chi connectivity index (χ1v) is 6.00. The third-order valence-corrected chi connectivity index (χ3v) is 2.39. The topological polar surface area (TPSA) is 26.3 Å². The highest BCUT2D eigenvalue weighted by atomic mass is 16.5. The van der Waals surface area contributed by atoms with Gasteiger partial charge in [0.25, 0.3) is 0 Å². The Bertz CT molecular complexity index is 274. The van der Waals surface area contributed by atoms with Gasteiger partial charge in [0.2, 0.25) is 0 Å². The van der Waals surface area contributed by atoms with E-state index in [9.17, 15) is 4.79 Å². The first-order chi connectivity index (χ1) is 7.89. The average molecular weight is 220 g/mol. The summed E-state index contributed by atoms with van der Waals surface area (Å²) >= 11 is 0. The molecule has 0 bridgehead atoms. The molecular weight excluding hydrogens is 200 g/mol. The Hall–Kier alpha value is -1.31. The van der Waals surface area contributed by atoms with Gasteiger partial charge in [-0.05, 0) is 32.1 Å². The lowest BCUT2D eigenvalue weighted by atomic mass is 10.2. The van der Waals surface area contributed by atoms with Crippen LogP contribution in [0.4, 0.5) is 0 Å². The van der Waals surface area contributed by atoms with E-state index >= 15 is 0 Å². The normalized spacial score (nSPS) is 25.9. The van der Waals surface area contributed by atoms with Gasteiger partial charge in [0.15, 0.2) is 0 Å². The first-order valence-electron chi connectivity index (χ1n) is 6.00. The van der Waals surface area contributed by atoms with Gasteiger partial charge in [-0.15, -0.1) is 0 Å². The summed E-state index contributed by atoms with van der Waals surface area (Å²) in [5.74, 6) is -0.0842. The number of esters is 1. The third kappa shape index (κ3) is 7.04. The average Bonchev–Trinajstić information content (AvgIpc) is 2.29. The summed E-state index contributed by atoms with van der Waals surface area (Å²) in [7, 11) is 0. The zero-order valence-corrected chi connectivity index (χ0v) is 9.73. The molecule has 88 valence electrons. The van der Waals surface area contributed by atoms with Gasteiger partial charge < -0.3 is 4.74 Å². The number of hydrogen-bond acceptors (Lipinski definition) is 2. The fraction of sp³-hybridized carbons (Fsp3) is 0.500. The van der Waals surface area contributed by atoms with Gasteiger partial charge in [0, 0.05) is 6.42 Å². The second-order valence-electron chi connectivity index (χ2n) is 3.81. The van der Waals surface area contributed by atoms with Crippen LogP contribution in [-0.2, 0) is 9.53 Å². The van der Waals surface area contributed by atoms with Gasteiger partial charge in [0.1, 0.15) is 6.61 Å². The summed E-state index contributed by atoms with van der Waals surface area (Å²) in [6.45, 7) is 0.408. The molecule has 1 aliphatic rings. The Morgan fingerprint density at radius 3 is 2.38 bits per heavy atom. The Morgan fingerprint density at radius 1 is 0.875 bits per heavy atom. The quantitative estimate of drug-likeness (QED) is 0.461. The summed E-state index contributed by atoms with van der Waals surface area (Å²) in [4.78, 5) is 11.2. The summed E-state index contributed by atoms with van der Waals surface area (Å²) < 4.78 is 5.05. The van der Waals surface area contributed by atoms with Crippen molar-refractivity contribution in [1.82, 2.24) is 0 Å². The number of cyclic esters (lactones) is 1. The first kappa shape index (κ1) is 12.8. The molecule has 1 aliphatic heterocycles. The van der Waals surface area contributed by atoms with E-state index < -0.39 is 0 Å². The van der Waals surface area contributed by atoms with Crippen LogP contribution in [0, 0.1) is 0 Å². The van der Waals surface area contributed by atoms with Crippen molar-refractivity contribution >= 4 is 5.97 Å². The minimum Gasteiger partial charge on any atom is -0.461 e.